The Hall–Kier alpha value is -0.910. The molecule has 3 rings (SSSR count). The maximum absolute atomic E-state index is 13.3. The summed E-state index contributed by atoms with van der Waals surface area (Å²) in [5.74, 6) is 0.328. The van der Waals surface area contributed by atoms with Crippen LogP contribution in [0.15, 0.2) is 11.4 Å². The van der Waals surface area contributed by atoms with Crippen LogP contribution in [-0.2, 0) is 4.79 Å². The predicted molar refractivity (Wildman–Crippen MR) is 91.3 cm³/mol. The number of aryl methyl sites for hydroxylation is 1. The van der Waals surface area contributed by atoms with Gasteiger partial charge in [0.05, 0.1) is 0 Å². The van der Waals surface area contributed by atoms with Crippen molar-refractivity contribution in [1.82, 2.24) is 15.1 Å². The largest absolute Gasteiger partial charge is 0.341 e. The van der Waals surface area contributed by atoms with E-state index in [0.717, 1.165) is 52.1 Å². The van der Waals surface area contributed by atoms with E-state index in [9.17, 15) is 4.79 Å². The normalized spacial score (nSPS) is 22.3. The van der Waals surface area contributed by atoms with Gasteiger partial charge in [-0.15, -0.1) is 11.3 Å². The van der Waals surface area contributed by atoms with Crippen LogP contribution in [0.25, 0.3) is 0 Å². The number of hydrogen-bond donors (Lipinski definition) is 1. The molecule has 1 atom stereocenters. The summed E-state index contributed by atoms with van der Waals surface area (Å²) in [7, 11) is 0. The number of nitrogens with one attached hydrogen (secondary N) is 1. The number of thiophene rings is 1. The minimum Gasteiger partial charge on any atom is -0.341 e. The Morgan fingerprint density at radius 3 is 2.41 bits per heavy atom. The predicted octanol–water partition coefficient (Wildman–Crippen LogP) is 2.41. The fraction of sp³-hybridized carbons (Fsp3) is 0.706. The molecule has 2 saturated heterocycles. The molecule has 0 saturated carbocycles. The average molecular weight is 321 g/mol. The summed E-state index contributed by atoms with van der Waals surface area (Å²) in [4.78, 5) is 19.0. The van der Waals surface area contributed by atoms with Gasteiger partial charge in [-0.2, -0.15) is 0 Å². The summed E-state index contributed by atoms with van der Waals surface area (Å²) in [6, 6.07) is 2.07. The Morgan fingerprint density at radius 2 is 1.82 bits per heavy atom. The molecule has 2 fully saturated rings. The molecule has 0 aliphatic carbocycles. The molecule has 122 valence electrons. The SMILES string of the molecule is Cc1ccsc1C(C(=O)N1CCCCCC1)N1CCNCC1. The maximum atomic E-state index is 13.3. The van der Waals surface area contributed by atoms with Crippen LogP contribution in [0.3, 0.4) is 0 Å². The minimum absolute atomic E-state index is 0.0693. The van der Waals surface area contributed by atoms with Gasteiger partial charge in [0.2, 0.25) is 5.91 Å². The van der Waals surface area contributed by atoms with E-state index in [1.165, 1.54) is 23.3 Å². The van der Waals surface area contributed by atoms with Gasteiger partial charge in [-0.05, 0) is 36.8 Å². The van der Waals surface area contributed by atoms with Gasteiger partial charge in [0, 0.05) is 44.1 Å². The van der Waals surface area contributed by atoms with Crippen molar-refractivity contribution in [1.29, 1.82) is 0 Å². The van der Waals surface area contributed by atoms with Crippen molar-refractivity contribution in [3.8, 4) is 0 Å². The first kappa shape index (κ1) is 16.0. The Kier molecular flexibility index (Phi) is 5.50. The molecular formula is C17H27N3OS. The molecule has 1 N–H and O–H groups in total. The van der Waals surface area contributed by atoms with Crippen LogP contribution >= 0.6 is 11.3 Å². The molecule has 2 aliphatic heterocycles. The number of carbonyl (C=O) groups is 1. The molecule has 3 heterocycles. The molecule has 0 spiro atoms. The second-order valence-electron chi connectivity index (χ2n) is 6.40. The Morgan fingerprint density at radius 1 is 1.14 bits per heavy atom. The average Bonchev–Trinajstić information content (AvgIpc) is 2.80. The van der Waals surface area contributed by atoms with Gasteiger partial charge in [-0.1, -0.05) is 12.8 Å². The van der Waals surface area contributed by atoms with Crippen LogP contribution in [0.2, 0.25) is 0 Å². The van der Waals surface area contributed by atoms with Crippen LogP contribution in [0, 0.1) is 6.92 Å². The summed E-state index contributed by atoms with van der Waals surface area (Å²) < 4.78 is 0. The smallest absolute Gasteiger partial charge is 0.245 e. The van der Waals surface area contributed by atoms with Crippen molar-refractivity contribution in [2.24, 2.45) is 0 Å². The van der Waals surface area contributed by atoms with Gasteiger partial charge in [0.15, 0.2) is 0 Å². The number of rotatable bonds is 3. The van der Waals surface area contributed by atoms with E-state index in [-0.39, 0.29) is 6.04 Å². The zero-order chi connectivity index (χ0) is 15.4. The fourth-order valence-corrected chi connectivity index (χ4v) is 4.55. The van der Waals surface area contributed by atoms with Crippen LogP contribution in [-0.4, -0.2) is 55.0 Å². The van der Waals surface area contributed by atoms with E-state index in [1.807, 2.05) is 0 Å². The third kappa shape index (κ3) is 3.53. The van der Waals surface area contributed by atoms with Crippen LogP contribution < -0.4 is 5.32 Å². The molecule has 0 bridgehead atoms. The van der Waals surface area contributed by atoms with E-state index in [0.29, 0.717) is 5.91 Å². The number of likely N-dealkylation sites (tertiary alicyclic amines) is 1. The number of nitrogens with zero attached hydrogens (tertiary/aromatic N) is 2. The molecule has 2 aliphatic rings. The number of carbonyl (C=O) groups excluding carboxylic acids is 1. The topological polar surface area (TPSA) is 35.6 Å². The van der Waals surface area contributed by atoms with E-state index in [4.69, 9.17) is 0 Å². The highest BCUT2D eigenvalue weighted by atomic mass is 32.1. The van der Waals surface area contributed by atoms with Gasteiger partial charge >= 0.3 is 0 Å². The Labute approximate surface area is 137 Å². The molecule has 0 radical (unpaired) electrons. The molecule has 5 heteroatoms. The highest BCUT2D eigenvalue weighted by Crippen LogP contribution is 2.31. The van der Waals surface area contributed by atoms with Crippen molar-refractivity contribution < 1.29 is 4.79 Å². The quantitative estimate of drug-likeness (QED) is 0.928. The van der Waals surface area contributed by atoms with Crippen LogP contribution in [0.1, 0.15) is 42.2 Å². The van der Waals surface area contributed by atoms with Crippen molar-refractivity contribution in [3.05, 3.63) is 21.9 Å². The second-order valence-corrected chi connectivity index (χ2v) is 7.34. The third-order valence-electron chi connectivity index (χ3n) is 4.82. The van der Waals surface area contributed by atoms with Gasteiger partial charge in [-0.25, -0.2) is 0 Å². The van der Waals surface area contributed by atoms with Crippen molar-refractivity contribution in [3.63, 3.8) is 0 Å². The van der Waals surface area contributed by atoms with Gasteiger partial charge in [0.25, 0.3) is 0 Å². The fourth-order valence-electron chi connectivity index (χ4n) is 3.50. The van der Waals surface area contributed by atoms with Gasteiger partial charge < -0.3 is 10.2 Å². The molecule has 22 heavy (non-hydrogen) atoms. The highest BCUT2D eigenvalue weighted by Gasteiger charge is 2.33. The number of hydrogen-bond acceptors (Lipinski definition) is 4. The van der Waals surface area contributed by atoms with Crippen molar-refractivity contribution in [2.45, 2.75) is 38.6 Å². The molecular weight excluding hydrogens is 294 g/mol. The standard InChI is InChI=1S/C17H27N3OS/c1-14-6-13-22-16(14)15(19-11-7-18-8-12-19)17(21)20-9-4-2-3-5-10-20/h6,13,15,18H,2-5,7-12H2,1H3. The molecule has 1 aromatic heterocycles. The molecule has 1 aromatic rings. The molecule has 1 unspecified atom stereocenters. The first-order valence-electron chi connectivity index (χ1n) is 8.55. The zero-order valence-electron chi connectivity index (χ0n) is 13.5. The number of amides is 1. The van der Waals surface area contributed by atoms with Crippen LogP contribution in [0.4, 0.5) is 0 Å². The highest BCUT2D eigenvalue weighted by molar-refractivity contribution is 7.10. The maximum Gasteiger partial charge on any atom is 0.245 e. The molecule has 1 amide bonds. The Bertz CT molecular complexity index is 488. The van der Waals surface area contributed by atoms with Gasteiger partial charge in [0.1, 0.15) is 6.04 Å². The Balaban J connectivity index is 1.83. The monoisotopic (exact) mass is 321 g/mol. The van der Waals surface area contributed by atoms with E-state index >= 15 is 0 Å². The summed E-state index contributed by atoms with van der Waals surface area (Å²) in [6.45, 7) is 7.89. The summed E-state index contributed by atoms with van der Waals surface area (Å²) >= 11 is 1.74. The lowest BCUT2D eigenvalue weighted by Gasteiger charge is -2.36. The van der Waals surface area contributed by atoms with E-state index in [2.05, 4.69) is 33.5 Å². The summed E-state index contributed by atoms with van der Waals surface area (Å²) in [5, 5.41) is 5.52. The lowest BCUT2D eigenvalue weighted by molar-refractivity contribution is -0.137. The summed E-state index contributed by atoms with van der Waals surface area (Å²) in [6.07, 6.45) is 4.84. The minimum atomic E-state index is -0.0693. The van der Waals surface area contributed by atoms with E-state index in [1.54, 1.807) is 11.3 Å². The van der Waals surface area contributed by atoms with Crippen LogP contribution in [0.5, 0.6) is 0 Å². The third-order valence-corrected chi connectivity index (χ3v) is 5.89. The first-order chi connectivity index (χ1) is 10.8. The lowest BCUT2D eigenvalue weighted by atomic mass is 10.1. The lowest BCUT2D eigenvalue weighted by Crippen LogP contribution is -2.50. The van der Waals surface area contributed by atoms with Crippen molar-refractivity contribution >= 4 is 17.2 Å². The van der Waals surface area contributed by atoms with Gasteiger partial charge in [-0.3, -0.25) is 9.69 Å². The molecule has 0 aromatic carbocycles. The summed E-state index contributed by atoms with van der Waals surface area (Å²) in [5.41, 5.74) is 1.26. The molecule has 4 nitrogen and oxygen atoms in total. The first-order valence-corrected chi connectivity index (χ1v) is 9.43. The van der Waals surface area contributed by atoms with E-state index < -0.39 is 0 Å². The number of piperazine rings is 1. The van der Waals surface area contributed by atoms with Crippen molar-refractivity contribution in [2.75, 3.05) is 39.3 Å². The second kappa shape index (κ2) is 7.57. The zero-order valence-corrected chi connectivity index (χ0v) is 14.3.